The molecule has 1 saturated heterocycles. The van der Waals surface area contributed by atoms with Gasteiger partial charge in [0.15, 0.2) is 11.6 Å². The highest BCUT2D eigenvalue weighted by atomic mass is 19.2. The third-order valence-electron chi connectivity index (χ3n) is 7.64. The number of hydrogen-bond donors (Lipinski definition) is 1. The van der Waals surface area contributed by atoms with Gasteiger partial charge in [-0.15, -0.1) is 0 Å². The number of likely N-dealkylation sites (tertiary alicyclic amines) is 1. The standard InChI is InChI=1S/C29H30F2N2O2/c30-26-13-10-21(15-27(26)31)14-22-8-4-5-9-28(22)33(29(34)35)19-25-23-11-12-24(25)18-32(17-23)16-20-6-2-1-3-7-20/h1-10,13,15,23-25H,11-12,14,16-19H2,(H,34,35). The molecule has 182 valence electrons. The van der Waals surface area contributed by atoms with E-state index in [1.165, 1.54) is 16.5 Å². The largest absolute Gasteiger partial charge is 0.465 e. The van der Waals surface area contributed by atoms with Crippen LogP contribution < -0.4 is 4.90 Å². The van der Waals surface area contributed by atoms with Crippen molar-refractivity contribution in [1.82, 2.24) is 4.90 Å². The predicted molar refractivity (Wildman–Crippen MR) is 132 cm³/mol. The van der Waals surface area contributed by atoms with Crippen molar-refractivity contribution in [2.24, 2.45) is 17.8 Å². The average molecular weight is 477 g/mol. The van der Waals surface area contributed by atoms with E-state index in [2.05, 4.69) is 29.2 Å². The fourth-order valence-corrected chi connectivity index (χ4v) is 5.98. The number of anilines is 1. The lowest BCUT2D eigenvalue weighted by Gasteiger charge is -2.40. The molecule has 3 aromatic rings. The number of rotatable bonds is 7. The van der Waals surface area contributed by atoms with Crippen LogP contribution in [-0.4, -0.2) is 35.7 Å². The van der Waals surface area contributed by atoms with Crippen LogP contribution in [0.2, 0.25) is 0 Å². The van der Waals surface area contributed by atoms with E-state index in [1.54, 1.807) is 6.07 Å². The maximum Gasteiger partial charge on any atom is 0.411 e. The van der Waals surface area contributed by atoms with Crippen LogP contribution >= 0.6 is 0 Å². The second-order valence-corrected chi connectivity index (χ2v) is 9.89. The van der Waals surface area contributed by atoms with Gasteiger partial charge in [-0.2, -0.15) is 0 Å². The second-order valence-electron chi connectivity index (χ2n) is 9.89. The summed E-state index contributed by atoms with van der Waals surface area (Å²) in [6.07, 6.45) is 1.61. The van der Waals surface area contributed by atoms with Crippen LogP contribution in [0.15, 0.2) is 72.8 Å². The zero-order chi connectivity index (χ0) is 24.4. The number of hydrogen-bond acceptors (Lipinski definition) is 2. The summed E-state index contributed by atoms with van der Waals surface area (Å²) in [6.45, 7) is 3.36. The van der Waals surface area contributed by atoms with Crippen LogP contribution in [0.3, 0.4) is 0 Å². The van der Waals surface area contributed by atoms with Gasteiger partial charge in [-0.1, -0.05) is 54.6 Å². The van der Waals surface area contributed by atoms with Crippen molar-refractivity contribution in [3.63, 3.8) is 0 Å². The molecule has 2 bridgehead atoms. The molecule has 3 aromatic carbocycles. The van der Waals surface area contributed by atoms with E-state index in [9.17, 15) is 18.7 Å². The molecule has 0 aromatic heterocycles. The number of fused-ring (bicyclic) bond motifs is 2. The highest BCUT2D eigenvalue weighted by Gasteiger charge is 2.43. The third-order valence-corrected chi connectivity index (χ3v) is 7.64. The maximum atomic E-state index is 13.8. The second kappa shape index (κ2) is 10.2. The Morgan fingerprint density at radius 3 is 2.26 bits per heavy atom. The van der Waals surface area contributed by atoms with E-state index in [1.807, 2.05) is 30.3 Å². The van der Waals surface area contributed by atoms with Crippen molar-refractivity contribution in [2.75, 3.05) is 24.5 Å². The normalized spacial score (nSPS) is 21.7. The van der Waals surface area contributed by atoms with Crippen molar-refractivity contribution >= 4 is 11.8 Å². The fourth-order valence-electron chi connectivity index (χ4n) is 5.98. The van der Waals surface area contributed by atoms with Gasteiger partial charge in [-0.25, -0.2) is 13.6 Å². The number of amides is 1. The molecule has 1 aliphatic heterocycles. The summed E-state index contributed by atoms with van der Waals surface area (Å²) >= 11 is 0. The number of para-hydroxylation sites is 1. The molecule has 1 N–H and O–H groups in total. The summed E-state index contributed by atoms with van der Waals surface area (Å²) in [6, 6.07) is 21.7. The lowest BCUT2D eigenvalue weighted by molar-refractivity contribution is 0.105. The highest BCUT2D eigenvalue weighted by molar-refractivity contribution is 5.87. The number of carbonyl (C=O) groups is 1. The van der Waals surface area contributed by atoms with Crippen LogP contribution in [0.25, 0.3) is 0 Å². The van der Waals surface area contributed by atoms with Gasteiger partial charge in [0.25, 0.3) is 0 Å². The van der Waals surface area contributed by atoms with Crippen LogP contribution in [0.1, 0.15) is 29.5 Å². The van der Waals surface area contributed by atoms with Gasteiger partial charge in [0.05, 0.1) is 5.69 Å². The maximum absolute atomic E-state index is 13.8. The molecule has 1 heterocycles. The molecule has 0 radical (unpaired) electrons. The summed E-state index contributed by atoms with van der Waals surface area (Å²) in [5.41, 5.74) is 3.32. The minimum Gasteiger partial charge on any atom is -0.465 e. The van der Waals surface area contributed by atoms with E-state index in [0.29, 0.717) is 42.0 Å². The van der Waals surface area contributed by atoms with Crippen molar-refractivity contribution in [3.05, 3.63) is 101 Å². The van der Waals surface area contributed by atoms with Crippen molar-refractivity contribution < 1.29 is 18.7 Å². The quantitative estimate of drug-likeness (QED) is 0.442. The summed E-state index contributed by atoms with van der Waals surface area (Å²) in [5.74, 6) is -0.526. The van der Waals surface area contributed by atoms with Crippen molar-refractivity contribution in [2.45, 2.75) is 25.8 Å². The van der Waals surface area contributed by atoms with Gasteiger partial charge < -0.3 is 5.11 Å². The lowest BCUT2D eigenvalue weighted by Crippen LogP contribution is -2.47. The molecule has 0 spiro atoms. The molecular formula is C29H30F2N2O2. The number of nitrogens with zero attached hydrogens (tertiary/aromatic N) is 2. The Hall–Kier alpha value is -3.25. The first-order valence-corrected chi connectivity index (χ1v) is 12.3. The van der Waals surface area contributed by atoms with Gasteiger partial charge in [-0.3, -0.25) is 9.80 Å². The molecule has 2 unspecified atom stereocenters. The Bertz CT molecular complexity index is 1170. The molecule has 2 atom stereocenters. The van der Waals surface area contributed by atoms with Gasteiger partial charge in [0, 0.05) is 26.2 Å². The summed E-state index contributed by atoms with van der Waals surface area (Å²) in [5, 5.41) is 10.2. The van der Waals surface area contributed by atoms with Crippen LogP contribution in [0.5, 0.6) is 0 Å². The highest BCUT2D eigenvalue weighted by Crippen LogP contribution is 2.43. The van der Waals surface area contributed by atoms with Gasteiger partial charge >= 0.3 is 6.09 Å². The Morgan fingerprint density at radius 2 is 1.57 bits per heavy atom. The fraction of sp³-hybridized carbons (Fsp3) is 0.345. The minimum absolute atomic E-state index is 0.314. The van der Waals surface area contributed by atoms with E-state index in [0.717, 1.165) is 44.1 Å². The van der Waals surface area contributed by atoms with Gasteiger partial charge in [0.1, 0.15) is 0 Å². The Labute approximate surface area is 204 Å². The third kappa shape index (κ3) is 5.22. The minimum atomic E-state index is -0.978. The molecule has 1 aliphatic carbocycles. The molecule has 1 amide bonds. The first kappa shape index (κ1) is 23.5. The molecular weight excluding hydrogens is 446 g/mol. The van der Waals surface area contributed by atoms with E-state index < -0.39 is 17.7 Å². The number of halogens is 2. The smallest absolute Gasteiger partial charge is 0.411 e. The number of benzene rings is 3. The van der Waals surface area contributed by atoms with Gasteiger partial charge in [-0.05, 0) is 71.9 Å². The summed E-state index contributed by atoms with van der Waals surface area (Å²) in [7, 11) is 0. The Morgan fingerprint density at radius 1 is 0.886 bits per heavy atom. The van der Waals surface area contributed by atoms with Crippen LogP contribution in [-0.2, 0) is 13.0 Å². The van der Waals surface area contributed by atoms with Crippen molar-refractivity contribution in [1.29, 1.82) is 0 Å². The number of carboxylic acid groups (broad SMARTS) is 1. The molecule has 4 nitrogen and oxygen atoms in total. The van der Waals surface area contributed by atoms with Crippen LogP contribution in [0, 0.1) is 29.4 Å². The van der Waals surface area contributed by atoms with Crippen molar-refractivity contribution in [3.8, 4) is 0 Å². The molecule has 6 heteroatoms. The summed E-state index contributed by atoms with van der Waals surface area (Å²) < 4.78 is 27.1. The molecule has 2 aliphatic rings. The zero-order valence-corrected chi connectivity index (χ0v) is 19.6. The zero-order valence-electron chi connectivity index (χ0n) is 19.6. The Kier molecular flexibility index (Phi) is 6.82. The molecule has 35 heavy (non-hydrogen) atoms. The van der Waals surface area contributed by atoms with E-state index in [4.69, 9.17) is 0 Å². The summed E-state index contributed by atoms with van der Waals surface area (Å²) in [4.78, 5) is 16.4. The predicted octanol–water partition coefficient (Wildman–Crippen LogP) is 6.20. The monoisotopic (exact) mass is 476 g/mol. The molecule has 1 saturated carbocycles. The van der Waals surface area contributed by atoms with E-state index >= 15 is 0 Å². The topological polar surface area (TPSA) is 43.8 Å². The SMILES string of the molecule is O=C(O)N(CC1C2CCC1CN(Cc1ccccc1)C2)c1ccccc1Cc1ccc(F)c(F)c1. The lowest BCUT2D eigenvalue weighted by atomic mass is 9.84. The van der Waals surface area contributed by atoms with Crippen LogP contribution in [0.4, 0.5) is 19.3 Å². The van der Waals surface area contributed by atoms with Gasteiger partial charge in [0.2, 0.25) is 0 Å². The average Bonchev–Trinajstić information content (AvgIpc) is 3.08. The molecule has 2 fully saturated rings. The molecule has 5 rings (SSSR count). The Balaban J connectivity index is 1.32. The first-order chi connectivity index (χ1) is 17.0. The first-order valence-electron chi connectivity index (χ1n) is 12.3. The van der Waals surface area contributed by atoms with E-state index in [-0.39, 0.29) is 0 Å². The number of piperidine rings is 1.